The summed E-state index contributed by atoms with van der Waals surface area (Å²) < 4.78 is 0. The Balaban J connectivity index is 2.00. The predicted octanol–water partition coefficient (Wildman–Crippen LogP) is -1.13. The number of rotatable bonds is 12. The molecule has 1 aromatic heterocycles. The number of carboxylic acid groups (broad SMARTS) is 1. The topological polar surface area (TPSA) is 184 Å². The summed E-state index contributed by atoms with van der Waals surface area (Å²) in [6.45, 7) is 0.944. The predicted molar refractivity (Wildman–Crippen MR) is 118 cm³/mol. The van der Waals surface area contributed by atoms with Gasteiger partial charge in [-0.2, -0.15) is 0 Å². The minimum absolute atomic E-state index is 0.0529. The van der Waals surface area contributed by atoms with E-state index in [1.807, 2.05) is 0 Å². The van der Waals surface area contributed by atoms with Crippen LogP contribution >= 0.6 is 11.3 Å². The van der Waals surface area contributed by atoms with Gasteiger partial charge in [0.1, 0.15) is 0 Å². The molecule has 2 heterocycles. The summed E-state index contributed by atoms with van der Waals surface area (Å²) in [5.41, 5.74) is 10.6. The molecule has 0 aromatic carbocycles. The summed E-state index contributed by atoms with van der Waals surface area (Å²) in [5.74, 6) is -2.13. The zero-order valence-corrected chi connectivity index (χ0v) is 18.7. The van der Waals surface area contributed by atoms with Gasteiger partial charge in [-0.15, -0.1) is 11.3 Å². The van der Waals surface area contributed by atoms with E-state index in [9.17, 15) is 19.2 Å². The quantitative estimate of drug-likeness (QED) is 0.128. The molecule has 6 N–H and O–H groups in total. The molecule has 176 valence electrons. The molecule has 32 heavy (non-hydrogen) atoms. The molecule has 2 amide bonds. The minimum Gasteiger partial charge on any atom is -0.481 e. The third kappa shape index (κ3) is 7.57. The lowest BCUT2D eigenvalue weighted by atomic mass is 10.1. The molecule has 2 rings (SSSR count). The number of carbonyl (C=O) groups excluding carboxylic acids is 3. The number of nitrogens with zero attached hydrogens (tertiary/aromatic N) is 4. The molecule has 2 atom stereocenters. The van der Waals surface area contributed by atoms with Crippen molar-refractivity contribution in [2.45, 2.75) is 37.8 Å². The van der Waals surface area contributed by atoms with E-state index in [2.05, 4.69) is 15.3 Å². The van der Waals surface area contributed by atoms with Crippen LogP contribution in [-0.4, -0.2) is 94.7 Å². The third-order valence-electron chi connectivity index (χ3n) is 5.06. The summed E-state index contributed by atoms with van der Waals surface area (Å²) in [7, 11) is 1.75. The zero-order valence-electron chi connectivity index (χ0n) is 17.9. The normalized spacial score (nSPS) is 17.6. The Morgan fingerprint density at radius 2 is 2.12 bits per heavy atom. The molecule has 0 aliphatic carbocycles. The highest BCUT2D eigenvalue weighted by atomic mass is 32.1. The highest BCUT2D eigenvalue weighted by Gasteiger charge is 2.34. The van der Waals surface area contributed by atoms with Gasteiger partial charge in [-0.3, -0.25) is 29.1 Å². The van der Waals surface area contributed by atoms with Gasteiger partial charge in [0, 0.05) is 37.6 Å². The molecule has 0 radical (unpaired) electrons. The number of Topliss-reactive ketones (excluding diaryl/α,β-unsaturated/α-hetero) is 1. The molecule has 0 saturated carbocycles. The maximum Gasteiger partial charge on any atom is 0.303 e. The molecule has 1 aliphatic heterocycles. The molecule has 12 nitrogen and oxygen atoms in total. The van der Waals surface area contributed by atoms with Crippen LogP contribution in [0.4, 0.5) is 0 Å². The largest absolute Gasteiger partial charge is 0.481 e. The van der Waals surface area contributed by atoms with Gasteiger partial charge < -0.3 is 26.8 Å². The second-order valence-corrected chi connectivity index (χ2v) is 8.35. The average Bonchev–Trinajstić information content (AvgIpc) is 3.26. The summed E-state index contributed by atoms with van der Waals surface area (Å²) in [4.78, 5) is 60.2. The first kappa shape index (κ1) is 25.2. The van der Waals surface area contributed by atoms with Crippen molar-refractivity contribution in [2.75, 3.05) is 33.2 Å². The lowest BCUT2D eigenvalue weighted by Gasteiger charge is -2.38. The monoisotopic (exact) mass is 467 g/mol. The third-order valence-corrected chi connectivity index (χ3v) is 5.85. The number of aliphatic carboxylic acids is 1. The number of carboxylic acids is 1. The van der Waals surface area contributed by atoms with Crippen molar-refractivity contribution >= 4 is 40.9 Å². The summed E-state index contributed by atoms with van der Waals surface area (Å²) in [5, 5.41) is 13.6. The number of nitrogens with two attached hydrogens (primary N) is 2. The Labute approximate surface area is 189 Å². The lowest BCUT2D eigenvalue weighted by Crippen LogP contribution is -2.58. The van der Waals surface area contributed by atoms with Gasteiger partial charge >= 0.3 is 5.97 Å². The standard InChI is InChI=1S/C19H29N7O5S/c1-25-8-9-26(18(31)13(25)4-5-15(28)29)11-14(27)24-12(3-2-6-23-19(20)21)16(30)17-22-7-10-32-17/h7,10,12-13H,2-6,8-9,11H2,1H3,(H,24,27)(H,28,29)(H4,20,21,23). The number of likely N-dealkylation sites (N-methyl/N-ethyl adjacent to an activating group) is 1. The Kier molecular flexibility index (Phi) is 9.53. The van der Waals surface area contributed by atoms with E-state index in [1.54, 1.807) is 17.3 Å². The molecule has 1 saturated heterocycles. The van der Waals surface area contributed by atoms with Crippen molar-refractivity contribution in [1.29, 1.82) is 0 Å². The van der Waals surface area contributed by atoms with Gasteiger partial charge in [0.15, 0.2) is 11.0 Å². The number of guanidine groups is 1. The Morgan fingerprint density at radius 3 is 2.75 bits per heavy atom. The number of nitrogens with one attached hydrogen (secondary N) is 1. The fourth-order valence-corrected chi connectivity index (χ4v) is 4.02. The second kappa shape index (κ2) is 12.1. The number of amides is 2. The van der Waals surface area contributed by atoms with E-state index in [1.165, 1.54) is 22.4 Å². The van der Waals surface area contributed by atoms with Gasteiger partial charge in [-0.25, -0.2) is 4.98 Å². The van der Waals surface area contributed by atoms with Crippen LogP contribution in [0.5, 0.6) is 0 Å². The van der Waals surface area contributed by atoms with Crippen LogP contribution in [0.25, 0.3) is 0 Å². The second-order valence-electron chi connectivity index (χ2n) is 7.46. The average molecular weight is 468 g/mol. The number of piperazine rings is 1. The maximum atomic E-state index is 12.8. The molecule has 0 bridgehead atoms. The highest BCUT2D eigenvalue weighted by Crippen LogP contribution is 2.15. The molecule has 1 fully saturated rings. The van der Waals surface area contributed by atoms with Gasteiger partial charge in [-0.05, 0) is 26.3 Å². The van der Waals surface area contributed by atoms with E-state index in [0.717, 1.165) is 0 Å². The molecule has 13 heteroatoms. The summed E-state index contributed by atoms with van der Waals surface area (Å²) in [6.07, 6.45) is 2.31. The number of thiazole rings is 1. The van der Waals surface area contributed by atoms with E-state index in [4.69, 9.17) is 16.6 Å². The summed E-state index contributed by atoms with van der Waals surface area (Å²) >= 11 is 1.18. The van der Waals surface area contributed by atoms with E-state index >= 15 is 0 Å². The maximum absolute atomic E-state index is 12.8. The summed E-state index contributed by atoms with van der Waals surface area (Å²) in [6, 6.07) is -1.42. The van der Waals surface area contributed by atoms with E-state index < -0.39 is 24.0 Å². The van der Waals surface area contributed by atoms with Gasteiger partial charge in [0.05, 0.1) is 18.6 Å². The van der Waals surface area contributed by atoms with Crippen LogP contribution in [-0.2, 0) is 14.4 Å². The number of hydrogen-bond acceptors (Lipinski definition) is 8. The molecular weight excluding hydrogens is 438 g/mol. The van der Waals surface area contributed by atoms with Crippen molar-refractivity contribution < 1.29 is 24.3 Å². The van der Waals surface area contributed by atoms with Crippen LogP contribution < -0.4 is 16.8 Å². The van der Waals surface area contributed by atoms with Crippen LogP contribution in [0, 0.1) is 0 Å². The number of aromatic nitrogens is 1. The lowest BCUT2D eigenvalue weighted by molar-refractivity contribution is -0.145. The van der Waals surface area contributed by atoms with Crippen molar-refractivity contribution in [3.8, 4) is 0 Å². The number of aliphatic imine (C=N–C) groups is 1. The Hall–Kier alpha value is -3.06. The van der Waals surface area contributed by atoms with Gasteiger partial charge in [-0.1, -0.05) is 0 Å². The van der Waals surface area contributed by atoms with Crippen LogP contribution in [0.2, 0.25) is 0 Å². The first-order valence-corrected chi connectivity index (χ1v) is 11.1. The molecule has 1 aromatic rings. The minimum atomic E-state index is -0.981. The highest BCUT2D eigenvalue weighted by molar-refractivity contribution is 7.11. The number of hydrogen-bond donors (Lipinski definition) is 4. The Bertz CT molecular complexity index is 841. The fourth-order valence-electron chi connectivity index (χ4n) is 3.38. The van der Waals surface area contributed by atoms with Crippen LogP contribution in [0.3, 0.4) is 0 Å². The Morgan fingerprint density at radius 1 is 1.38 bits per heavy atom. The van der Waals surface area contributed by atoms with E-state index in [-0.39, 0.29) is 42.0 Å². The van der Waals surface area contributed by atoms with Gasteiger partial charge in [0.2, 0.25) is 17.6 Å². The van der Waals surface area contributed by atoms with Crippen molar-refractivity contribution in [1.82, 2.24) is 20.1 Å². The van der Waals surface area contributed by atoms with Crippen molar-refractivity contribution in [3.63, 3.8) is 0 Å². The molecule has 1 aliphatic rings. The van der Waals surface area contributed by atoms with E-state index in [0.29, 0.717) is 32.5 Å². The zero-order chi connectivity index (χ0) is 23.7. The number of ketones is 1. The molecule has 2 unspecified atom stereocenters. The molecule has 0 spiro atoms. The first-order valence-electron chi connectivity index (χ1n) is 10.2. The van der Waals surface area contributed by atoms with Crippen LogP contribution in [0.15, 0.2) is 16.6 Å². The molecular formula is C19H29N7O5S. The van der Waals surface area contributed by atoms with Crippen LogP contribution in [0.1, 0.15) is 35.5 Å². The first-order chi connectivity index (χ1) is 15.2. The number of carbonyl (C=O) groups is 4. The SMILES string of the molecule is CN1CCN(CC(=O)NC(CCCN=C(N)N)C(=O)c2nccs2)C(=O)C1CCC(=O)O. The fraction of sp³-hybridized carbons (Fsp3) is 0.579. The van der Waals surface area contributed by atoms with Gasteiger partial charge in [0.25, 0.3) is 0 Å². The smallest absolute Gasteiger partial charge is 0.303 e. The van der Waals surface area contributed by atoms with Crippen molar-refractivity contribution in [2.24, 2.45) is 16.5 Å². The van der Waals surface area contributed by atoms with Crippen molar-refractivity contribution in [3.05, 3.63) is 16.6 Å².